The van der Waals surface area contributed by atoms with Crippen LogP contribution in [0.2, 0.25) is 10.0 Å². The fourth-order valence-electron chi connectivity index (χ4n) is 9.42. The number of nitrogens with zero attached hydrogens (tertiary/aromatic N) is 4. The van der Waals surface area contributed by atoms with Crippen LogP contribution in [0, 0.1) is 11.8 Å². The molecule has 4 aliphatic rings. The maximum absolute atomic E-state index is 12.7. The van der Waals surface area contributed by atoms with E-state index in [1.165, 1.54) is 57.6 Å². The van der Waals surface area contributed by atoms with E-state index in [1.807, 2.05) is 24.5 Å². The number of pyridine rings is 2. The molecular weight excluding hydrogens is 1010 g/mol. The summed E-state index contributed by atoms with van der Waals surface area (Å²) in [6.07, 6.45) is 13.7. The maximum Gasteiger partial charge on any atom is 0.222 e. The van der Waals surface area contributed by atoms with Crippen LogP contribution in [0.1, 0.15) is 95.1 Å². The Balaban J connectivity index is 0.000000178. The van der Waals surface area contributed by atoms with E-state index >= 15 is 0 Å². The Morgan fingerprint density at radius 3 is 1.66 bits per heavy atom. The summed E-state index contributed by atoms with van der Waals surface area (Å²) in [6.45, 7) is 4.79. The van der Waals surface area contributed by atoms with Crippen LogP contribution in [-0.2, 0) is 30.5 Å². The third-order valence-electron chi connectivity index (χ3n) is 12.0. The molecule has 2 aromatic carbocycles. The smallest absolute Gasteiger partial charge is 0.222 e. The summed E-state index contributed by atoms with van der Waals surface area (Å²) in [7, 11) is 4.10. The number of fused-ring (bicyclic) bond motifs is 4. The second kappa shape index (κ2) is 19.3. The van der Waals surface area contributed by atoms with Crippen LogP contribution in [0.5, 0.6) is 0 Å². The first-order chi connectivity index (χ1) is 27.0. The summed E-state index contributed by atoms with van der Waals surface area (Å²) < 4.78 is 4.29. The molecule has 2 unspecified atom stereocenters. The van der Waals surface area contributed by atoms with Gasteiger partial charge in [-0.2, -0.15) is 0 Å². The van der Waals surface area contributed by atoms with Crippen LogP contribution in [-0.4, -0.2) is 72.5 Å². The first kappa shape index (κ1) is 42.7. The normalized spacial score (nSPS) is 19.8. The molecular formula is C44H49Br4Cl2N5O. The molecule has 0 saturated carbocycles. The van der Waals surface area contributed by atoms with E-state index < -0.39 is 0 Å². The van der Waals surface area contributed by atoms with Crippen LogP contribution in [0.25, 0.3) is 0 Å². The number of rotatable bonds is 6. The van der Waals surface area contributed by atoms with E-state index in [1.54, 1.807) is 0 Å². The van der Waals surface area contributed by atoms with Crippen LogP contribution < -0.4 is 5.32 Å². The second-order valence-electron chi connectivity index (χ2n) is 16.0. The molecule has 0 bridgehead atoms. The number of nitrogens with one attached hydrogen (secondary N) is 1. The van der Waals surface area contributed by atoms with Crippen molar-refractivity contribution >= 4 is 92.8 Å². The number of hydrogen-bond donors (Lipinski definition) is 1. The summed E-state index contributed by atoms with van der Waals surface area (Å²) in [5, 5.41) is 5.07. The molecule has 4 heterocycles. The molecule has 56 heavy (non-hydrogen) atoms. The number of hydrogen-bond acceptors (Lipinski definition) is 5. The van der Waals surface area contributed by atoms with Gasteiger partial charge in [-0.1, -0.05) is 55.1 Å². The summed E-state index contributed by atoms with van der Waals surface area (Å²) in [6, 6.07) is 12.8. The fourth-order valence-corrected chi connectivity index (χ4v) is 12.4. The molecule has 4 aromatic rings. The molecule has 1 N–H and O–H groups in total. The van der Waals surface area contributed by atoms with Crippen LogP contribution >= 0.6 is 86.9 Å². The number of likely N-dealkylation sites (tertiary alicyclic amines) is 1. The van der Waals surface area contributed by atoms with Crippen LogP contribution in [0.4, 0.5) is 0 Å². The van der Waals surface area contributed by atoms with E-state index in [2.05, 4.69) is 117 Å². The zero-order valence-electron chi connectivity index (χ0n) is 32.0. The number of aromatic nitrogens is 2. The topological polar surface area (TPSA) is 61.4 Å². The predicted octanol–water partition coefficient (Wildman–Crippen LogP) is 11.6. The Morgan fingerprint density at radius 1 is 0.714 bits per heavy atom. The molecule has 6 nitrogen and oxygen atoms in total. The standard InChI is InChI=1S/C25H30Br2ClN3O.C19H19Br2ClN2/c1-30(2)9-3-4-22(32)31-10-7-16(8-11-31)24-23-17(13-20(28)14-21(23)27)5-6-18-12-19(26)15-29-25(18)24;20-14-7-13-2-1-12-8-15(22)9-16(21)17(12)18(19(13)24-10-14)11-3-5-23-6-4-11/h12-16,24H,3-11H2,1-2H3;7-11,18,23H,1-6H2. The van der Waals surface area contributed by atoms with Crippen molar-refractivity contribution in [1.29, 1.82) is 0 Å². The summed E-state index contributed by atoms with van der Waals surface area (Å²) in [5.74, 6) is 1.92. The van der Waals surface area contributed by atoms with Gasteiger partial charge in [0.1, 0.15) is 0 Å². The van der Waals surface area contributed by atoms with Gasteiger partial charge in [0.05, 0.1) is 11.4 Å². The lowest BCUT2D eigenvalue weighted by Gasteiger charge is -2.37. The maximum atomic E-state index is 12.7. The minimum atomic E-state index is 0.216. The molecule has 8 rings (SSSR count). The number of aryl methyl sites for hydroxylation is 4. The molecule has 0 radical (unpaired) electrons. The lowest BCUT2D eigenvalue weighted by Crippen LogP contribution is -2.40. The van der Waals surface area contributed by atoms with Crippen molar-refractivity contribution in [2.75, 3.05) is 46.8 Å². The highest BCUT2D eigenvalue weighted by Crippen LogP contribution is 2.47. The molecule has 1 amide bonds. The summed E-state index contributed by atoms with van der Waals surface area (Å²) in [5.41, 5.74) is 10.5. The monoisotopic (exact) mass is 1050 g/mol. The van der Waals surface area contributed by atoms with Gasteiger partial charge in [0.15, 0.2) is 0 Å². The Labute approximate surface area is 375 Å². The van der Waals surface area contributed by atoms with Gasteiger partial charge < -0.3 is 15.1 Å². The Kier molecular flexibility index (Phi) is 14.8. The molecule has 2 aromatic heterocycles. The molecule has 2 aliphatic carbocycles. The van der Waals surface area contributed by atoms with E-state index in [0.29, 0.717) is 30.1 Å². The highest BCUT2D eigenvalue weighted by atomic mass is 79.9. The molecule has 2 saturated heterocycles. The lowest BCUT2D eigenvalue weighted by atomic mass is 9.76. The molecule has 0 spiro atoms. The predicted molar refractivity (Wildman–Crippen MR) is 243 cm³/mol. The van der Waals surface area contributed by atoms with Gasteiger partial charge in [0, 0.05) is 71.7 Å². The highest BCUT2D eigenvalue weighted by molar-refractivity contribution is 9.11. The lowest BCUT2D eigenvalue weighted by molar-refractivity contribution is -0.132. The molecule has 2 fully saturated rings. The molecule has 298 valence electrons. The number of carbonyl (C=O) groups is 1. The number of carbonyl (C=O) groups excluding carboxylic acids is 1. The number of piperidine rings is 2. The highest BCUT2D eigenvalue weighted by Gasteiger charge is 2.37. The van der Waals surface area contributed by atoms with Crippen molar-refractivity contribution < 1.29 is 4.79 Å². The summed E-state index contributed by atoms with van der Waals surface area (Å²) in [4.78, 5) is 26.7. The quantitative estimate of drug-likeness (QED) is 0.209. The van der Waals surface area contributed by atoms with Gasteiger partial charge in [-0.3, -0.25) is 14.8 Å². The molecule has 12 heteroatoms. The Hall–Kier alpha value is -1.37. The van der Waals surface area contributed by atoms with Gasteiger partial charge >= 0.3 is 0 Å². The Bertz CT molecular complexity index is 2050. The first-order valence-electron chi connectivity index (χ1n) is 19.8. The zero-order chi connectivity index (χ0) is 39.5. The SMILES string of the molecule is CN(C)CCCC(=O)N1CCC(C2c3ncc(Br)cc3CCc3cc(Cl)cc(Br)c32)CC1.Clc1cc(Br)c2c(c1)CCc1cc(Br)cnc1C2C1CCNCC1. The van der Waals surface area contributed by atoms with Crippen LogP contribution in [0.15, 0.2) is 66.7 Å². The minimum Gasteiger partial charge on any atom is -0.343 e. The van der Waals surface area contributed by atoms with E-state index in [-0.39, 0.29) is 5.92 Å². The largest absolute Gasteiger partial charge is 0.343 e. The van der Waals surface area contributed by atoms with Crippen molar-refractivity contribution in [3.8, 4) is 0 Å². The number of amides is 1. The van der Waals surface area contributed by atoms with Crippen LogP contribution in [0.3, 0.4) is 0 Å². The third-order valence-corrected chi connectivity index (χ3v) is 14.7. The second-order valence-corrected chi connectivity index (χ2v) is 20.4. The van der Waals surface area contributed by atoms with Crippen molar-refractivity contribution in [3.63, 3.8) is 0 Å². The van der Waals surface area contributed by atoms with E-state index in [4.69, 9.17) is 33.2 Å². The molecule has 2 aliphatic heterocycles. The van der Waals surface area contributed by atoms with Crippen molar-refractivity contribution in [2.45, 2.75) is 76.0 Å². The minimum absolute atomic E-state index is 0.216. The van der Waals surface area contributed by atoms with Crippen molar-refractivity contribution in [2.24, 2.45) is 11.8 Å². The fraction of sp³-hybridized carbons (Fsp3) is 0.477. The zero-order valence-corrected chi connectivity index (χ0v) is 39.9. The van der Waals surface area contributed by atoms with Crippen molar-refractivity contribution in [3.05, 3.63) is 121 Å². The number of halogens is 6. The van der Waals surface area contributed by atoms with E-state index in [9.17, 15) is 4.79 Å². The number of benzene rings is 2. The molecule has 2 atom stereocenters. The average Bonchev–Trinajstić information content (AvgIpc) is 3.43. The first-order valence-corrected chi connectivity index (χ1v) is 23.8. The van der Waals surface area contributed by atoms with E-state index in [0.717, 1.165) is 106 Å². The third kappa shape index (κ3) is 9.97. The van der Waals surface area contributed by atoms with Gasteiger partial charge in [-0.05, 0) is 205 Å². The Morgan fingerprint density at radius 2 is 1.18 bits per heavy atom. The van der Waals surface area contributed by atoms with Gasteiger partial charge in [0.2, 0.25) is 5.91 Å². The summed E-state index contributed by atoms with van der Waals surface area (Å²) >= 11 is 27.6. The van der Waals surface area contributed by atoms with Gasteiger partial charge in [0.25, 0.3) is 0 Å². The average molecular weight is 1050 g/mol. The van der Waals surface area contributed by atoms with Crippen molar-refractivity contribution in [1.82, 2.24) is 25.1 Å². The van der Waals surface area contributed by atoms with Gasteiger partial charge in [-0.25, -0.2) is 0 Å². The van der Waals surface area contributed by atoms with Gasteiger partial charge in [-0.15, -0.1) is 0 Å².